The first-order chi connectivity index (χ1) is 13.4. The van der Waals surface area contributed by atoms with E-state index < -0.39 is 10.0 Å². The Morgan fingerprint density at radius 1 is 1.29 bits per heavy atom. The third-order valence-corrected chi connectivity index (χ3v) is 7.54. The van der Waals surface area contributed by atoms with E-state index in [-0.39, 0.29) is 17.7 Å². The second-order valence-electron chi connectivity index (χ2n) is 7.00. The summed E-state index contributed by atoms with van der Waals surface area (Å²) in [5, 5.41) is 5.21. The first kappa shape index (κ1) is 20.9. The van der Waals surface area contributed by atoms with E-state index in [0.29, 0.717) is 18.2 Å². The van der Waals surface area contributed by atoms with Crippen molar-refractivity contribution >= 4 is 32.4 Å². The Hall–Kier alpha value is -1.81. The molecule has 1 atom stereocenters. The van der Waals surface area contributed by atoms with Crippen molar-refractivity contribution in [3.63, 3.8) is 0 Å². The van der Waals surface area contributed by atoms with Crippen molar-refractivity contribution in [1.29, 1.82) is 0 Å². The van der Waals surface area contributed by atoms with E-state index in [0.717, 1.165) is 31.4 Å². The maximum absolute atomic E-state index is 12.8. The SMILES string of the molecule is CN([C@H]1CCCN(CC(=O)Nc2nccs2)CC1)S(=O)(=O)Cc1ccccc1. The molecule has 0 aliphatic carbocycles. The average Bonchev–Trinajstić information content (AvgIpc) is 3.06. The summed E-state index contributed by atoms with van der Waals surface area (Å²) in [6.45, 7) is 1.78. The number of aromatic nitrogens is 1. The lowest BCUT2D eigenvalue weighted by Crippen LogP contribution is -2.39. The molecule has 1 aromatic heterocycles. The monoisotopic (exact) mass is 422 g/mol. The minimum atomic E-state index is -3.38. The molecule has 1 saturated heterocycles. The number of hydrogen-bond donors (Lipinski definition) is 1. The highest BCUT2D eigenvalue weighted by molar-refractivity contribution is 7.88. The van der Waals surface area contributed by atoms with E-state index in [9.17, 15) is 13.2 Å². The van der Waals surface area contributed by atoms with Crippen LogP contribution in [0.15, 0.2) is 41.9 Å². The van der Waals surface area contributed by atoms with Crippen LogP contribution in [0.2, 0.25) is 0 Å². The Balaban J connectivity index is 1.53. The highest BCUT2D eigenvalue weighted by atomic mass is 32.2. The van der Waals surface area contributed by atoms with Gasteiger partial charge in [0, 0.05) is 31.2 Å². The molecular weight excluding hydrogens is 396 g/mol. The largest absolute Gasteiger partial charge is 0.301 e. The van der Waals surface area contributed by atoms with Crippen LogP contribution in [0.25, 0.3) is 0 Å². The maximum Gasteiger partial charge on any atom is 0.240 e. The number of thiazole rings is 1. The molecule has 2 aromatic rings. The second kappa shape index (κ2) is 9.60. The summed E-state index contributed by atoms with van der Waals surface area (Å²) in [5.41, 5.74) is 0.795. The summed E-state index contributed by atoms with van der Waals surface area (Å²) in [6.07, 6.45) is 4.03. The molecule has 1 aliphatic heterocycles. The van der Waals surface area contributed by atoms with Crippen molar-refractivity contribution in [2.75, 3.05) is 32.0 Å². The van der Waals surface area contributed by atoms with Gasteiger partial charge in [0.05, 0.1) is 12.3 Å². The fraction of sp³-hybridized carbons (Fsp3) is 0.474. The predicted octanol–water partition coefficient (Wildman–Crippen LogP) is 2.40. The molecule has 0 bridgehead atoms. The molecule has 152 valence electrons. The number of hydrogen-bond acceptors (Lipinski definition) is 6. The Morgan fingerprint density at radius 2 is 2.07 bits per heavy atom. The molecule has 1 amide bonds. The van der Waals surface area contributed by atoms with E-state index >= 15 is 0 Å². The topological polar surface area (TPSA) is 82.6 Å². The number of rotatable bonds is 7. The smallest absolute Gasteiger partial charge is 0.240 e. The van der Waals surface area contributed by atoms with Gasteiger partial charge in [0.2, 0.25) is 15.9 Å². The summed E-state index contributed by atoms with van der Waals surface area (Å²) in [6, 6.07) is 9.21. The number of benzene rings is 1. The van der Waals surface area contributed by atoms with Gasteiger partial charge in [-0.3, -0.25) is 9.69 Å². The third-order valence-electron chi connectivity index (χ3n) is 4.98. The number of amides is 1. The normalized spacial score (nSPS) is 18.7. The molecule has 2 heterocycles. The van der Waals surface area contributed by atoms with Gasteiger partial charge in [0.15, 0.2) is 5.13 Å². The Kier molecular flexibility index (Phi) is 7.17. The van der Waals surface area contributed by atoms with Crippen molar-refractivity contribution in [2.45, 2.75) is 31.1 Å². The lowest BCUT2D eigenvalue weighted by atomic mass is 10.1. The summed E-state index contributed by atoms with van der Waals surface area (Å²) in [4.78, 5) is 18.3. The van der Waals surface area contributed by atoms with Gasteiger partial charge in [0.1, 0.15) is 0 Å². The fourth-order valence-corrected chi connectivity index (χ4v) is 5.45. The predicted molar refractivity (Wildman–Crippen MR) is 112 cm³/mol. The lowest BCUT2D eigenvalue weighted by molar-refractivity contribution is -0.117. The molecule has 1 fully saturated rings. The molecule has 0 spiro atoms. The van der Waals surface area contributed by atoms with Crippen LogP contribution in [0.1, 0.15) is 24.8 Å². The standard InChI is InChI=1S/C19H26N4O3S2/c1-22(28(25,26)15-16-6-3-2-4-7-16)17-8-5-11-23(12-9-17)14-18(24)21-19-20-10-13-27-19/h2-4,6-7,10,13,17H,5,8-9,11-12,14-15H2,1H3,(H,20,21,24)/t17-/m0/s1. The molecule has 1 N–H and O–H groups in total. The summed E-state index contributed by atoms with van der Waals surface area (Å²) < 4.78 is 27.1. The Labute approximate surface area is 170 Å². The summed E-state index contributed by atoms with van der Waals surface area (Å²) in [5.74, 6) is -0.0701. The zero-order valence-corrected chi connectivity index (χ0v) is 17.6. The molecule has 0 unspecified atom stereocenters. The van der Waals surface area contributed by atoms with E-state index in [1.165, 1.54) is 15.6 Å². The van der Waals surface area contributed by atoms with Crippen molar-refractivity contribution in [3.8, 4) is 0 Å². The van der Waals surface area contributed by atoms with Crippen LogP contribution in [-0.4, -0.2) is 61.2 Å². The minimum absolute atomic E-state index is 0.0147. The number of nitrogens with zero attached hydrogens (tertiary/aromatic N) is 3. The quantitative estimate of drug-likeness (QED) is 0.741. The first-order valence-corrected chi connectivity index (χ1v) is 11.8. The zero-order valence-electron chi connectivity index (χ0n) is 16.0. The van der Waals surface area contributed by atoms with Gasteiger partial charge in [-0.15, -0.1) is 11.3 Å². The average molecular weight is 423 g/mol. The van der Waals surface area contributed by atoms with Gasteiger partial charge in [-0.25, -0.2) is 17.7 Å². The van der Waals surface area contributed by atoms with Crippen molar-refractivity contribution in [2.24, 2.45) is 0 Å². The van der Waals surface area contributed by atoms with E-state index in [1.54, 1.807) is 13.2 Å². The highest BCUT2D eigenvalue weighted by Crippen LogP contribution is 2.21. The molecular formula is C19H26N4O3S2. The Bertz CT molecular complexity index is 857. The van der Waals surface area contributed by atoms with Gasteiger partial charge in [-0.1, -0.05) is 30.3 Å². The first-order valence-electron chi connectivity index (χ1n) is 9.35. The zero-order chi connectivity index (χ0) is 20.0. The van der Waals surface area contributed by atoms with Crippen LogP contribution >= 0.6 is 11.3 Å². The molecule has 28 heavy (non-hydrogen) atoms. The molecule has 1 aromatic carbocycles. The highest BCUT2D eigenvalue weighted by Gasteiger charge is 2.28. The second-order valence-corrected chi connectivity index (χ2v) is 9.93. The number of nitrogens with one attached hydrogen (secondary N) is 1. The lowest BCUT2D eigenvalue weighted by Gasteiger charge is -2.26. The Morgan fingerprint density at radius 3 is 2.79 bits per heavy atom. The summed E-state index contributed by atoms with van der Waals surface area (Å²) in [7, 11) is -1.70. The summed E-state index contributed by atoms with van der Waals surface area (Å²) >= 11 is 1.39. The number of carbonyl (C=O) groups is 1. The third kappa shape index (κ3) is 5.84. The van der Waals surface area contributed by atoms with Crippen LogP contribution in [0.4, 0.5) is 5.13 Å². The van der Waals surface area contributed by atoms with Crippen molar-refractivity contribution in [1.82, 2.24) is 14.2 Å². The number of anilines is 1. The number of carbonyl (C=O) groups excluding carboxylic acids is 1. The van der Waals surface area contributed by atoms with Gasteiger partial charge in [0.25, 0.3) is 0 Å². The van der Waals surface area contributed by atoms with Gasteiger partial charge >= 0.3 is 0 Å². The van der Waals surface area contributed by atoms with Crippen LogP contribution in [-0.2, 0) is 20.6 Å². The molecule has 1 aliphatic rings. The number of sulfonamides is 1. The maximum atomic E-state index is 12.8. The van der Waals surface area contributed by atoms with E-state index in [4.69, 9.17) is 0 Å². The number of likely N-dealkylation sites (tertiary alicyclic amines) is 1. The van der Waals surface area contributed by atoms with Crippen LogP contribution in [0.5, 0.6) is 0 Å². The van der Waals surface area contributed by atoms with Gasteiger partial charge in [-0.2, -0.15) is 0 Å². The van der Waals surface area contributed by atoms with Crippen LogP contribution in [0, 0.1) is 0 Å². The van der Waals surface area contributed by atoms with Gasteiger partial charge in [-0.05, 0) is 31.4 Å². The van der Waals surface area contributed by atoms with E-state index in [1.807, 2.05) is 35.7 Å². The van der Waals surface area contributed by atoms with Crippen LogP contribution in [0.3, 0.4) is 0 Å². The van der Waals surface area contributed by atoms with Crippen molar-refractivity contribution < 1.29 is 13.2 Å². The van der Waals surface area contributed by atoms with Crippen molar-refractivity contribution in [3.05, 3.63) is 47.5 Å². The minimum Gasteiger partial charge on any atom is -0.301 e. The molecule has 0 radical (unpaired) electrons. The molecule has 7 nitrogen and oxygen atoms in total. The molecule has 3 rings (SSSR count). The van der Waals surface area contributed by atoms with Gasteiger partial charge < -0.3 is 5.32 Å². The molecule has 9 heteroatoms. The van der Waals surface area contributed by atoms with Crippen LogP contribution < -0.4 is 5.32 Å². The van der Waals surface area contributed by atoms with E-state index in [2.05, 4.69) is 15.2 Å². The molecule has 0 saturated carbocycles. The fourth-order valence-electron chi connectivity index (χ4n) is 3.42.